The summed E-state index contributed by atoms with van der Waals surface area (Å²) in [6, 6.07) is 207. The summed E-state index contributed by atoms with van der Waals surface area (Å²) in [4.78, 5) is 0. The lowest BCUT2D eigenvalue weighted by atomic mass is 9.94. The van der Waals surface area contributed by atoms with Crippen molar-refractivity contribution in [2.45, 2.75) is 0 Å². The van der Waals surface area contributed by atoms with E-state index < -0.39 is 0 Å². The maximum atomic E-state index is 2.54. The number of fused-ring (bicyclic) bond motifs is 21. The molecule has 0 saturated heterocycles. The van der Waals surface area contributed by atoms with Crippen LogP contribution in [0, 0.1) is 0 Å². The van der Waals surface area contributed by atoms with Gasteiger partial charge in [0, 0.05) is 98.6 Å². The van der Waals surface area contributed by atoms with Gasteiger partial charge in [0.1, 0.15) is 0 Å². The molecule has 0 aliphatic heterocycles. The van der Waals surface area contributed by atoms with Crippen LogP contribution in [-0.4, -0.2) is 27.4 Å². The number of para-hydroxylation sites is 5. The van der Waals surface area contributed by atoms with E-state index in [2.05, 4.69) is 586 Å². The molecule has 0 N–H and O–H groups in total. The van der Waals surface area contributed by atoms with Gasteiger partial charge in [-0.25, -0.2) is 0 Å². The third-order valence-corrected chi connectivity index (χ3v) is 31.4. The van der Waals surface area contributed by atoms with E-state index >= 15 is 0 Å². The van der Waals surface area contributed by atoms with Crippen molar-refractivity contribution in [2.75, 3.05) is 0 Å². The topological polar surface area (TPSA) is 29.6 Å². The zero-order valence-electron chi connectivity index (χ0n) is 81.8. The van der Waals surface area contributed by atoms with E-state index in [1.165, 1.54) is 142 Å². The van der Waals surface area contributed by atoms with Crippen LogP contribution < -0.4 is 0 Å². The van der Waals surface area contributed by atoms with Crippen molar-refractivity contribution in [1.82, 2.24) is 27.4 Å². The van der Waals surface area contributed by atoms with E-state index in [1.54, 1.807) is 0 Å². The van der Waals surface area contributed by atoms with Gasteiger partial charge in [0.15, 0.2) is 0 Å². The van der Waals surface area contributed by atoms with Crippen LogP contribution in [0.1, 0.15) is 0 Å². The Morgan fingerprint density at radius 1 is 0.0933 bits per heavy atom. The van der Waals surface area contributed by atoms with Gasteiger partial charge in [-0.1, -0.05) is 400 Å². The Morgan fingerprint density at radius 3 is 0.720 bits per heavy atom. The Labute approximate surface area is 866 Å². The van der Waals surface area contributed by atoms with Gasteiger partial charge in [0.05, 0.1) is 71.9 Å². The highest BCUT2D eigenvalue weighted by atomic mass is 15.0. The van der Waals surface area contributed by atoms with Gasteiger partial charge in [0.25, 0.3) is 0 Å². The standard InChI is InChI=1S/C144H92N6/c1-5-30-93(31-6-1)97-62-64-100(65-63-97)110-44-28-48-116(91-110)148-129-60-22-17-54-123(129)142-135(148)83-85-137-144(142)138-119(55-29-61-131(138)149(137)117-49-27-43-109(90-117)96-36-11-4-12-37-96)112-45-24-40-106(87-112)99-70-72-103(73-71-99)118-50-13-18-56-125(118)150-130-79-76-111(92-124(130)143-136(150)84-82-134-141(143)122-53-16-21-59-128(122)147(134)115-47-26-42-108(89-115)95-34-9-3-10-35-95)101-68-66-98(67-69-101)104-38-23-39-105(86-104)102-74-77-113(78-75-102)145-126-57-19-14-51-120(126)139-132(145)80-81-133-140(139)121-52-15-20-58-127(121)146(133)114-46-25-41-107(88-114)94-32-7-2-8-33-94/h1-92H. The summed E-state index contributed by atoms with van der Waals surface area (Å²) in [6.45, 7) is 0. The molecule has 30 rings (SSSR count). The van der Waals surface area contributed by atoms with Crippen molar-refractivity contribution in [3.8, 4) is 157 Å². The number of benzene rings is 24. The highest BCUT2D eigenvalue weighted by Crippen LogP contribution is 2.52. The van der Waals surface area contributed by atoms with E-state index in [4.69, 9.17) is 0 Å². The van der Waals surface area contributed by atoms with Crippen LogP contribution in [0.4, 0.5) is 0 Å². The molecule has 6 heteroatoms. The minimum absolute atomic E-state index is 1.10. The molecule has 0 radical (unpaired) electrons. The van der Waals surface area contributed by atoms with Crippen LogP contribution in [0.2, 0.25) is 0 Å². The fourth-order valence-corrected chi connectivity index (χ4v) is 24.6. The predicted molar refractivity (Wildman–Crippen MR) is 632 cm³/mol. The Balaban J connectivity index is 0.509. The van der Waals surface area contributed by atoms with Gasteiger partial charge in [-0.3, -0.25) is 0 Å². The van der Waals surface area contributed by atoms with Crippen LogP contribution in [0.3, 0.4) is 0 Å². The first-order valence-corrected chi connectivity index (χ1v) is 51.7. The molecule has 0 aliphatic rings. The van der Waals surface area contributed by atoms with E-state index in [0.29, 0.717) is 0 Å². The number of aromatic nitrogens is 6. The first kappa shape index (κ1) is 85.6. The van der Waals surface area contributed by atoms with Crippen LogP contribution in [0.15, 0.2) is 558 Å². The summed E-state index contributed by atoms with van der Waals surface area (Å²) >= 11 is 0. The van der Waals surface area contributed by atoms with Crippen LogP contribution >= 0.6 is 0 Å². The smallest absolute Gasteiger partial charge is 0.0549 e. The monoisotopic (exact) mass is 1900 g/mol. The van der Waals surface area contributed by atoms with Crippen molar-refractivity contribution in [3.05, 3.63) is 558 Å². The number of hydrogen-bond acceptors (Lipinski definition) is 0. The average Bonchev–Trinajstić information content (AvgIpc) is 1.55. The van der Waals surface area contributed by atoms with Gasteiger partial charge in [-0.2, -0.15) is 0 Å². The maximum absolute atomic E-state index is 2.54. The van der Waals surface area contributed by atoms with Gasteiger partial charge >= 0.3 is 0 Å². The largest absolute Gasteiger partial charge is 0.309 e. The third kappa shape index (κ3) is 13.9. The molecule has 0 saturated carbocycles. The SMILES string of the molecule is c1ccc(-c2ccc(-c3cccc(-n4c5ccccc5c5c6c7c(-c8cccc(-c9ccc(-c%10ccccc%10-n%10c%11ccc(-c%12ccc(-c%13cccc(-c%14ccc(-n%15c%16ccccc%16c%16c%17c%18ccccc%18n(-c%18cccc(-c%19ccccc%19)c%18)c%17ccc%16%15)cc%14)c%13)cc%12)cc%11c%11c%12c%13ccccc%13n(-c%13cccc(-c%14ccccc%14)c%13)c%12ccc%11%10)cc9)c8)cccc7n(-c7cccc(-c8ccccc8)c7)c6ccc54)c3)cc2)cc1. The normalized spacial score (nSPS) is 11.9. The van der Waals surface area contributed by atoms with Crippen molar-refractivity contribution in [1.29, 1.82) is 0 Å². The molecule has 0 aliphatic carbocycles. The summed E-state index contributed by atoms with van der Waals surface area (Å²) in [6.07, 6.45) is 0. The molecule has 0 spiro atoms. The van der Waals surface area contributed by atoms with Gasteiger partial charge < -0.3 is 27.4 Å². The number of hydrogen-bond donors (Lipinski definition) is 0. The highest BCUT2D eigenvalue weighted by molar-refractivity contribution is 6.33. The molecule has 24 aromatic carbocycles. The summed E-state index contributed by atoms with van der Waals surface area (Å²) in [5.74, 6) is 0. The Morgan fingerprint density at radius 2 is 0.313 bits per heavy atom. The minimum atomic E-state index is 1.10. The molecule has 6 heterocycles. The predicted octanol–water partition coefficient (Wildman–Crippen LogP) is 38.6. The van der Waals surface area contributed by atoms with Gasteiger partial charge in [-0.15, -0.1) is 0 Å². The van der Waals surface area contributed by atoms with E-state index in [1.807, 2.05) is 0 Å². The molecular weight excluding hydrogens is 1810 g/mol. The zero-order chi connectivity index (χ0) is 98.5. The Bertz CT molecular complexity index is 10700. The molecule has 0 bridgehead atoms. The maximum Gasteiger partial charge on any atom is 0.0549 e. The van der Waals surface area contributed by atoms with E-state index in [9.17, 15) is 0 Å². The molecule has 150 heavy (non-hydrogen) atoms. The lowest BCUT2D eigenvalue weighted by Gasteiger charge is -2.15. The molecule has 0 amide bonds. The summed E-state index contributed by atoms with van der Waals surface area (Å²) in [7, 11) is 0. The highest BCUT2D eigenvalue weighted by Gasteiger charge is 2.29. The van der Waals surface area contributed by atoms with E-state index in [0.717, 1.165) is 145 Å². The summed E-state index contributed by atoms with van der Waals surface area (Å²) < 4.78 is 14.9. The Kier molecular flexibility index (Phi) is 20.0. The molecule has 0 unspecified atom stereocenters. The summed E-state index contributed by atoms with van der Waals surface area (Å²) in [5.41, 5.74) is 46.1. The van der Waals surface area contributed by atoms with Crippen molar-refractivity contribution < 1.29 is 0 Å². The minimum Gasteiger partial charge on any atom is -0.309 e. The first-order valence-electron chi connectivity index (χ1n) is 51.7. The van der Waals surface area contributed by atoms with Crippen molar-refractivity contribution in [2.24, 2.45) is 0 Å². The molecule has 30 aromatic rings. The molecule has 0 fully saturated rings. The lowest BCUT2D eigenvalue weighted by molar-refractivity contribution is 1.17. The second kappa shape index (κ2) is 35.0. The lowest BCUT2D eigenvalue weighted by Crippen LogP contribution is -1.97. The second-order valence-electron chi connectivity index (χ2n) is 39.7. The van der Waals surface area contributed by atoms with Gasteiger partial charge in [-0.05, 0) is 275 Å². The molecule has 698 valence electrons. The molecular formula is C144H92N6. The van der Waals surface area contributed by atoms with Gasteiger partial charge in [0.2, 0.25) is 0 Å². The molecule has 6 aromatic heterocycles. The third-order valence-electron chi connectivity index (χ3n) is 31.4. The van der Waals surface area contributed by atoms with Crippen LogP contribution in [-0.2, 0) is 0 Å². The second-order valence-corrected chi connectivity index (χ2v) is 39.7. The quantitative estimate of drug-likeness (QED) is 0.0870. The fraction of sp³-hybridized carbons (Fsp3) is 0. The zero-order valence-corrected chi connectivity index (χ0v) is 81.8. The van der Waals surface area contributed by atoms with E-state index in [-0.39, 0.29) is 0 Å². The fourth-order valence-electron chi connectivity index (χ4n) is 24.6. The Hall–Kier alpha value is -19.9. The first-order chi connectivity index (χ1) is 74.4. The number of rotatable bonds is 17. The van der Waals surface area contributed by atoms with Crippen molar-refractivity contribution in [3.63, 3.8) is 0 Å². The molecule has 0 atom stereocenters. The molecule has 6 nitrogen and oxygen atoms in total. The summed E-state index contributed by atoms with van der Waals surface area (Å²) in [5, 5.41) is 14.6. The average molecular weight is 1910 g/mol. The van der Waals surface area contributed by atoms with Crippen LogP contribution in [0.5, 0.6) is 0 Å². The number of nitrogens with zero attached hydrogens (tertiary/aromatic N) is 6. The van der Waals surface area contributed by atoms with Crippen LogP contribution in [0.25, 0.3) is 287 Å². The van der Waals surface area contributed by atoms with Crippen molar-refractivity contribution >= 4 is 131 Å².